The Kier molecular flexibility index (Phi) is 6.64. The number of H-pyrrole nitrogens is 1. The predicted octanol–water partition coefficient (Wildman–Crippen LogP) is 4.44. The zero-order valence-electron chi connectivity index (χ0n) is 14.7. The number of nitrogens with zero attached hydrogens (tertiary/aromatic N) is 1. The highest BCUT2D eigenvalue weighted by Gasteiger charge is 2.16. The minimum Gasteiger partial charge on any atom is -0.353 e. The van der Waals surface area contributed by atoms with Crippen molar-refractivity contribution in [3.63, 3.8) is 0 Å². The number of nitrogens with one attached hydrogen (secondary N) is 2. The summed E-state index contributed by atoms with van der Waals surface area (Å²) in [6.07, 6.45) is 7.80. The van der Waals surface area contributed by atoms with Gasteiger partial charge in [-0.1, -0.05) is 35.2 Å². The number of benzene rings is 1. The first kappa shape index (κ1) is 19.3. The van der Waals surface area contributed by atoms with Gasteiger partial charge in [0.2, 0.25) is 5.91 Å². The molecular weight excluding hydrogens is 414 g/mol. The summed E-state index contributed by atoms with van der Waals surface area (Å²) in [7, 11) is 0. The summed E-state index contributed by atoms with van der Waals surface area (Å²) >= 11 is 8.73. The van der Waals surface area contributed by atoms with E-state index in [1.165, 1.54) is 12.8 Å². The quantitative estimate of drug-likeness (QED) is 0.496. The Balaban J connectivity index is 1.51. The zero-order valence-corrected chi connectivity index (χ0v) is 17.1. The van der Waals surface area contributed by atoms with Crippen molar-refractivity contribution in [2.75, 3.05) is 0 Å². The van der Waals surface area contributed by atoms with Crippen molar-refractivity contribution in [3.8, 4) is 0 Å². The van der Waals surface area contributed by atoms with Gasteiger partial charge < -0.3 is 10.3 Å². The van der Waals surface area contributed by atoms with Crippen LogP contribution >= 0.6 is 28.1 Å². The third-order valence-electron chi connectivity index (χ3n) is 4.95. The van der Waals surface area contributed by atoms with Gasteiger partial charge in [0.1, 0.15) is 0 Å². The highest BCUT2D eigenvalue weighted by atomic mass is 79.9. The number of aromatic amines is 1. The molecule has 0 saturated heterocycles. The van der Waals surface area contributed by atoms with E-state index in [-0.39, 0.29) is 11.5 Å². The topological polar surface area (TPSA) is 66.9 Å². The van der Waals surface area contributed by atoms with Gasteiger partial charge in [-0.25, -0.2) is 0 Å². The highest BCUT2D eigenvalue weighted by Crippen LogP contribution is 2.18. The average Bonchev–Trinajstić information content (AvgIpc) is 3.11. The molecule has 1 saturated carbocycles. The lowest BCUT2D eigenvalue weighted by molar-refractivity contribution is -0.121. The molecule has 2 aromatic rings. The van der Waals surface area contributed by atoms with Crippen LogP contribution in [0.25, 0.3) is 10.9 Å². The van der Waals surface area contributed by atoms with E-state index < -0.39 is 0 Å². The second-order valence-corrected chi connectivity index (χ2v) is 8.24. The number of hydrogen-bond acceptors (Lipinski definition) is 3. The van der Waals surface area contributed by atoms with Gasteiger partial charge in [-0.2, -0.15) is 0 Å². The second-order valence-electron chi connectivity index (χ2n) is 6.94. The lowest BCUT2D eigenvalue weighted by Gasteiger charge is -2.12. The maximum atomic E-state index is 12.7. The minimum absolute atomic E-state index is 0.0657. The number of hydrogen-bond donors (Lipinski definition) is 2. The first-order valence-corrected chi connectivity index (χ1v) is 10.5. The second kappa shape index (κ2) is 8.95. The Labute approximate surface area is 166 Å². The summed E-state index contributed by atoms with van der Waals surface area (Å²) in [5.41, 5.74) is 0.687. The molecule has 1 aromatic heterocycles. The van der Waals surface area contributed by atoms with E-state index in [0.717, 1.165) is 42.1 Å². The standard InChI is InChI=1S/C19H24BrN3O2S/c20-13-9-10-16-15(12-13)18(25)23(19(26)22-16)11-5-1-2-8-17(24)21-14-6-3-4-7-14/h9-10,12,14H,1-8,11H2,(H,21,24)(H,22,26). The number of carbonyl (C=O) groups excluding carboxylic acids is 1. The van der Waals surface area contributed by atoms with Gasteiger partial charge in [-0.3, -0.25) is 14.2 Å². The maximum absolute atomic E-state index is 12.7. The Morgan fingerprint density at radius 2 is 2.04 bits per heavy atom. The molecule has 0 atom stereocenters. The Morgan fingerprint density at radius 3 is 2.81 bits per heavy atom. The molecule has 1 aliphatic rings. The Hall–Kier alpha value is -1.47. The molecule has 140 valence electrons. The van der Waals surface area contributed by atoms with Crippen LogP contribution in [0.1, 0.15) is 51.4 Å². The highest BCUT2D eigenvalue weighted by molar-refractivity contribution is 9.10. The normalized spacial score (nSPS) is 14.8. The summed E-state index contributed by atoms with van der Waals surface area (Å²) in [5.74, 6) is 0.155. The van der Waals surface area contributed by atoms with Crippen molar-refractivity contribution < 1.29 is 4.79 Å². The van der Waals surface area contributed by atoms with E-state index in [0.29, 0.717) is 29.2 Å². The lowest BCUT2D eigenvalue weighted by Crippen LogP contribution is -2.32. The molecule has 2 N–H and O–H groups in total. The van der Waals surface area contributed by atoms with Crippen molar-refractivity contribution in [3.05, 3.63) is 37.8 Å². The molecule has 5 nitrogen and oxygen atoms in total. The van der Waals surface area contributed by atoms with E-state index in [9.17, 15) is 9.59 Å². The molecule has 3 rings (SSSR count). The van der Waals surface area contributed by atoms with Crippen molar-refractivity contribution in [2.24, 2.45) is 0 Å². The number of halogens is 1. The zero-order chi connectivity index (χ0) is 18.5. The van der Waals surface area contributed by atoms with Gasteiger partial charge in [-0.05, 0) is 56.1 Å². The molecule has 0 aliphatic heterocycles. The SMILES string of the molecule is O=C(CCCCCn1c(=S)[nH]c2ccc(Br)cc2c1=O)NC1CCCC1. The number of carbonyl (C=O) groups is 1. The first-order chi connectivity index (χ1) is 12.5. The summed E-state index contributed by atoms with van der Waals surface area (Å²) in [5, 5.41) is 3.74. The van der Waals surface area contributed by atoms with Gasteiger partial charge in [0.25, 0.3) is 5.56 Å². The number of rotatable bonds is 7. The average molecular weight is 438 g/mol. The molecule has 0 spiro atoms. The summed E-state index contributed by atoms with van der Waals surface area (Å²) < 4.78 is 2.93. The summed E-state index contributed by atoms with van der Waals surface area (Å²) in [6, 6.07) is 5.93. The van der Waals surface area contributed by atoms with Crippen molar-refractivity contribution in [2.45, 2.75) is 64.0 Å². The van der Waals surface area contributed by atoms with Crippen LogP contribution in [0.15, 0.2) is 27.5 Å². The van der Waals surface area contributed by atoms with Crippen molar-refractivity contribution >= 4 is 45.0 Å². The Morgan fingerprint density at radius 1 is 1.27 bits per heavy atom. The van der Waals surface area contributed by atoms with Crippen LogP contribution in [-0.2, 0) is 11.3 Å². The van der Waals surface area contributed by atoms with E-state index in [2.05, 4.69) is 26.2 Å². The van der Waals surface area contributed by atoms with E-state index in [1.807, 2.05) is 18.2 Å². The molecule has 7 heteroatoms. The van der Waals surface area contributed by atoms with E-state index in [4.69, 9.17) is 12.2 Å². The van der Waals surface area contributed by atoms with Gasteiger partial charge >= 0.3 is 0 Å². The van der Waals surface area contributed by atoms with Gasteiger partial charge in [0.05, 0.1) is 10.9 Å². The van der Waals surface area contributed by atoms with E-state index in [1.54, 1.807) is 4.57 Å². The monoisotopic (exact) mass is 437 g/mol. The molecule has 1 aromatic carbocycles. The lowest BCUT2D eigenvalue weighted by atomic mass is 10.1. The van der Waals surface area contributed by atoms with Crippen LogP contribution in [0.4, 0.5) is 0 Å². The summed E-state index contributed by atoms with van der Waals surface area (Å²) in [4.78, 5) is 27.7. The molecular formula is C19H24BrN3O2S. The van der Waals surface area contributed by atoms with Crippen LogP contribution in [0.5, 0.6) is 0 Å². The number of amides is 1. The first-order valence-electron chi connectivity index (χ1n) is 9.26. The largest absolute Gasteiger partial charge is 0.353 e. The third kappa shape index (κ3) is 4.82. The minimum atomic E-state index is -0.0657. The number of aromatic nitrogens is 2. The molecule has 1 amide bonds. The fraction of sp³-hybridized carbons (Fsp3) is 0.526. The predicted molar refractivity (Wildman–Crippen MR) is 110 cm³/mol. The van der Waals surface area contributed by atoms with Gasteiger partial charge in [0, 0.05) is 23.5 Å². The van der Waals surface area contributed by atoms with E-state index >= 15 is 0 Å². The molecule has 0 radical (unpaired) electrons. The molecule has 0 bridgehead atoms. The molecule has 0 unspecified atom stereocenters. The van der Waals surface area contributed by atoms with Crippen molar-refractivity contribution in [1.82, 2.24) is 14.9 Å². The van der Waals surface area contributed by atoms with Gasteiger partial charge in [-0.15, -0.1) is 0 Å². The van der Waals surface area contributed by atoms with Gasteiger partial charge in [0.15, 0.2) is 4.77 Å². The summed E-state index contributed by atoms with van der Waals surface area (Å²) in [6.45, 7) is 0.570. The molecule has 26 heavy (non-hydrogen) atoms. The van der Waals surface area contributed by atoms with Crippen LogP contribution < -0.4 is 10.9 Å². The molecule has 1 fully saturated rings. The Bertz CT molecular complexity index is 900. The van der Waals surface area contributed by atoms with Crippen LogP contribution in [0.2, 0.25) is 0 Å². The third-order valence-corrected chi connectivity index (χ3v) is 5.77. The maximum Gasteiger partial charge on any atom is 0.262 e. The molecule has 1 aliphatic carbocycles. The number of unbranched alkanes of at least 4 members (excludes halogenated alkanes) is 2. The molecule has 1 heterocycles. The van der Waals surface area contributed by atoms with Crippen LogP contribution in [0.3, 0.4) is 0 Å². The number of fused-ring (bicyclic) bond motifs is 1. The fourth-order valence-corrected chi connectivity index (χ4v) is 4.17. The van der Waals surface area contributed by atoms with Crippen LogP contribution in [-0.4, -0.2) is 21.5 Å². The van der Waals surface area contributed by atoms with Crippen molar-refractivity contribution in [1.29, 1.82) is 0 Å². The smallest absolute Gasteiger partial charge is 0.262 e. The van der Waals surface area contributed by atoms with Crippen LogP contribution in [0, 0.1) is 4.77 Å². The fourth-order valence-electron chi connectivity index (χ4n) is 3.53.